The molecule has 4 rings (SSSR count). The number of carbonyl (C=O) groups excluding carboxylic acids is 1. The molecule has 0 unspecified atom stereocenters. The number of alkyl halides is 6. The van der Waals surface area contributed by atoms with Crippen LogP contribution in [-0.4, -0.2) is 36.0 Å². The van der Waals surface area contributed by atoms with Crippen molar-refractivity contribution in [1.82, 2.24) is 15.3 Å². The second-order valence-corrected chi connectivity index (χ2v) is 9.61. The highest BCUT2D eigenvalue weighted by Crippen LogP contribution is 2.36. The maximum Gasteiger partial charge on any atom is 0.416 e. The number of aromatic nitrogens is 2. The van der Waals surface area contributed by atoms with Crippen molar-refractivity contribution in [3.63, 3.8) is 0 Å². The maximum atomic E-state index is 13.1. The van der Waals surface area contributed by atoms with Gasteiger partial charge in [0.05, 0.1) is 16.6 Å². The third-order valence-electron chi connectivity index (χ3n) is 6.55. The predicted octanol–water partition coefficient (Wildman–Crippen LogP) is 6.02. The van der Waals surface area contributed by atoms with Crippen LogP contribution in [0.3, 0.4) is 0 Å². The number of rotatable bonds is 6. The summed E-state index contributed by atoms with van der Waals surface area (Å²) in [7, 11) is 3.79. The Hall–Kier alpha value is -3.57. The number of para-hydroxylation sites is 1. The fraction of sp³-hybridized carbons (Fsp3) is 0.423. The molecule has 204 valence electrons. The summed E-state index contributed by atoms with van der Waals surface area (Å²) in [5, 5.41) is 6.76. The van der Waals surface area contributed by atoms with Crippen LogP contribution in [0, 0.1) is 5.92 Å². The Morgan fingerprint density at radius 1 is 0.921 bits per heavy atom. The van der Waals surface area contributed by atoms with E-state index < -0.39 is 41.8 Å². The molecule has 1 aliphatic rings. The first kappa shape index (κ1) is 27.5. The lowest BCUT2D eigenvalue weighted by Gasteiger charge is -2.29. The number of halogens is 6. The molecule has 0 radical (unpaired) electrons. The molecule has 0 spiro atoms. The van der Waals surface area contributed by atoms with Crippen LogP contribution in [0.25, 0.3) is 10.9 Å². The van der Waals surface area contributed by atoms with Crippen molar-refractivity contribution in [1.29, 1.82) is 0 Å². The summed E-state index contributed by atoms with van der Waals surface area (Å²) in [6.45, 7) is -0.428. The highest BCUT2D eigenvalue weighted by atomic mass is 19.4. The van der Waals surface area contributed by atoms with Crippen LogP contribution in [0.15, 0.2) is 42.5 Å². The molecule has 1 amide bonds. The molecule has 1 fully saturated rings. The van der Waals surface area contributed by atoms with E-state index in [1.807, 2.05) is 43.3 Å². The van der Waals surface area contributed by atoms with Crippen LogP contribution < -0.4 is 15.5 Å². The van der Waals surface area contributed by atoms with E-state index >= 15 is 0 Å². The van der Waals surface area contributed by atoms with E-state index in [9.17, 15) is 31.1 Å². The van der Waals surface area contributed by atoms with Gasteiger partial charge in [0.1, 0.15) is 5.82 Å². The third-order valence-corrected chi connectivity index (χ3v) is 6.55. The second kappa shape index (κ2) is 10.7. The van der Waals surface area contributed by atoms with E-state index in [2.05, 4.69) is 20.6 Å². The summed E-state index contributed by atoms with van der Waals surface area (Å²) in [6, 6.07) is 9.00. The molecule has 1 aromatic heterocycles. The van der Waals surface area contributed by atoms with Gasteiger partial charge >= 0.3 is 12.4 Å². The molecule has 2 N–H and O–H groups in total. The molecule has 1 saturated carbocycles. The summed E-state index contributed by atoms with van der Waals surface area (Å²) >= 11 is 0. The Morgan fingerprint density at radius 3 is 2.11 bits per heavy atom. The van der Waals surface area contributed by atoms with Crippen LogP contribution in [0.4, 0.5) is 38.1 Å². The zero-order valence-electron chi connectivity index (χ0n) is 20.7. The van der Waals surface area contributed by atoms with Gasteiger partial charge in [0.2, 0.25) is 11.9 Å². The van der Waals surface area contributed by atoms with Crippen molar-refractivity contribution in [3.05, 3.63) is 59.2 Å². The molecule has 0 saturated heterocycles. The van der Waals surface area contributed by atoms with Crippen molar-refractivity contribution in [2.45, 2.75) is 50.6 Å². The highest BCUT2D eigenvalue weighted by Gasteiger charge is 2.37. The fourth-order valence-electron chi connectivity index (χ4n) is 4.60. The number of hydrogen-bond donors (Lipinski definition) is 2. The first-order chi connectivity index (χ1) is 17.8. The number of fused-ring (bicyclic) bond motifs is 1. The number of hydrogen-bond acceptors (Lipinski definition) is 5. The van der Waals surface area contributed by atoms with Gasteiger partial charge in [-0.25, -0.2) is 4.98 Å². The second-order valence-electron chi connectivity index (χ2n) is 9.61. The smallest absolute Gasteiger partial charge is 0.362 e. The maximum absolute atomic E-state index is 13.1. The van der Waals surface area contributed by atoms with Gasteiger partial charge in [0.15, 0.2) is 0 Å². The van der Waals surface area contributed by atoms with E-state index in [-0.39, 0.29) is 17.7 Å². The van der Waals surface area contributed by atoms with Gasteiger partial charge < -0.3 is 15.5 Å². The fourth-order valence-corrected chi connectivity index (χ4v) is 4.60. The Labute approximate surface area is 215 Å². The normalized spacial score (nSPS) is 18.3. The lowest BCUT2D eigenvalue weighted by Crippen LogP contribution is -2.36. The molecular weight excluding hydrogens is 512 g/mol. The van der Waals surface area contributed by atoms with Gasteiger partial charge in [-0.15, -0.1) is 0 Å². The number of nitrogens with zero attached hydrogens (tertiary/aromatic N) is 3. The average Bonchev–Trinajstić information content (AvgIpc) is 2.86. The van der Waals surface area contributed by atoms with E-state index in [4.69, 9.17) is 0 Å². The SMILES string of the molecule is CN(C)c1nc(NC2CCC(C(=O)NCc3cc(C(F)(F)F)cc(C(F)(F)F)c3)CC2)nc2ccccc12. The molecule has 0 bridgehead atoms. The first-order valence-corrected chi connectivity index (χ1v) is 12.1. The molecule has 0 atom stereocenters. The molecule has 1 heterocycles. The minimum Gasteiger partial charge on any atom is -0.362 e. The van der Waals surface area contributed by atoms with Crippen molar-refractivity contribution < 1.29 is 31.1 Å². The topological polar surface area (TPSA) is 70.2 Å². The lowest BCUT2D eigenvalue weighted by molar-refractivity contribution is -0.143. The van der Waals surface area contributed by atoms with Gasteiger partial charge in [0.25, 0.3) is 0 Å². The lowest BCUT2D eigenvalue weighted by atomic mass is 9.85. The van der Waals surface area contributed by atoms with E-state index in [1.54, 1.807) is 0 Å². The first-order valence-electron chi connectivity index (χ1n) is 12.1. The zero-order valence-corrected chi connectivity index (χ0v) is 20.7. The van der Waals surface area contributed by atoms with Gasteiger partial charge in [-0.2, -0.15) is 31.3 Å². The summed E-state index contributed by atoms with van der Waals surface area (Å²) in [6.07, 6.45) is -7.59. The largest absolute Gasteiger partial charge is 0.416 e. The minimum atomic E-state index is -4.94. The van der Waals surface area contributed by atoms with Gasteiger partial charge in [-0.3, -0.25) is 4.79 Å². The highest BCUT2D eigenvalue weighted by molar-refractivity contribution is 5.90. The zero-order chi connectivity index (χ0) is 27.7. The van der Waals surface area contributed by atoms with Crippen molar-refractivity contribution in [2.24, 2.45) is 5.92 Å². The van der Waals surface area contributed by atoms with E-state index in [0.717, 1.165) is 16.7 Å². The van der Waals surface area contributed by atoms with Gasteiger partial charge in [-0.05, 0) is 61.6 Å². The van der Waals surface area contributed by atoms with Crippen LogP contribution in [0.1, 0.15) is 42.4 Å². The average molecular weight is 540 g/mol. The van der Waals surface area contributed by atoms with E-state index in [0.29, 0.717) is 43.8 Å². The van der Waals surface area contributed by atoms with Crippen molar-refractivity contribution in [2.75, 3.05) is 24.3 Å². The Kier molecular flexibility index (Phi) is 7.70. The Balaban J connectivity index is 1.36. The molecular formula is C26H27F6N5O. The summed E-state index contributed by atoms with van der Waals surface area (Å²) in [5.74, 6) is 0.460. The Morgan fingerprint density at radius 2 is 1.53 bits per heavy atom. The third kappa shape index (κ3) is 6.46. The van der Waals surface area contributed by atoms with Crippen LogP contribution >= 0.6 is 0 Å². The van der Waals surface area contributed by atoms with Gasteiger partial charge in [-0.1, -0.05) is 12.1 Å². The number of anilines is 2. The Bertz CT molecular complexity index is 1270. The molecule has 1 aliphatic carbocycles. The van der Waals surface area contributed by atoms with Crippen LogP contribution in [-0.2, 0) is 23.7 Å². The van der Waals surface area contributed by atoms with Crippen LogP contribution in [0.2, 0.25) is 0 Å². The summed E-state index contributed by atoms with van der Waals surface area (Å²) in [5.41, 5.74) is -2.28. The monoisotopic (exact) mass is 539 g/mol. The number of carbonyl (C=O) groups is 1. The minimum absolute atomic E-state index is 0.0213. The van der Waals surface area contributed by atoms with Gasteiger partial charge in [0, 0.05) is 38.0 Å². The van der Waals surface area contributed by atoms with E-state index in [1.165, 1.54) is 0 Å². The summed E-state index contributed by atoms with van der Waals surface area (Å²) in [4.78, 5) is 23.8. The number of benzene rings is 2. The van der Waals surface area contributed by atoms with Crippen molar-refractivity contribution in [3.8, 4) is 0 Å². The number of amides is 1. The quantitative estimate of drug-likeness (QED) is 0.375. The molecule has 38 heavy (non-hydrogen) atoms. The van der Waals surface area contributed by atoms with Crippen molar-refractivity contribution >= 4 is 28.6 Å². The van der Waals surface area contributed by atoms with Crippen LogP contribution in [0.5, 0.6) is 0 Å². The molecule has 2 aromatic carbocycles. The molecule has 6 nitrogen and oxygen atoms in total. The predicted molar refractivity (Wildman–Crippen MR) is 132 cm³/mol. The standard InChI is InChI=1S/C26H27F6N5O/c1-37(2)22-20-5-3-4-6-21(20)35-24(36-22)34-19-9-7-16(8-10-19)23(38)33-14-15-11-17(25(27,28)29)13-18(12-15)26(30,31)32/h3-6,11-13,16,19H,7-10,14H2,1-2H3,(H,33,38)(H,34,35,36). The molecule has 0 aliphatic heterocycles. The summed E-state index contributed by atoms with van der Waals surface area (Å²) < 4.78 is 78.5. The molecule has 3 aromatic rings. The number of nitrogens with one attached hydrogen (secondary N) is 2. The molecule has 12 heteroatoms.